The summed E-state index contributed by atoms with van der Waals surface area (Å²) in [4.78, 5) is 20.1. The molecular formula is C25H24ClN3O4S2. The van der Waals surface area contributed by atoms with E-state index in [9.17, 15) is 13.2 Å². The molecule has 1 saturated heterocycles. The van der Waals surface area contributed by atoms with E-state index >= 15 is 0 Å². The Morgan fingerprint density at radius 2 is 1.89 bits per heavy atom. The largest absolute Gasteiger partial charge is 0.467 e. The number of hydrogen-bond acceptors (Lipinski definition) is 6. The summed E-state index contributed by atoms with van der Waals surface area (Å²) in [5.41, 5.74) is 2.07. The highest BCUT2D eigenvalue weighted by Gasteiger charge is 2.27. The van der Waals surface area contributed by atoms with Crippen LogP contribution in [-0.4, -0.2) is 36.7 Å². The fourth-order valence-corrected chi connectivity index (χ4v) is 7.16. The van der Waals surface area contributed by atoms with Crippen LogP contribution in [0.25, 0.3) is 10.2 Å². The molecular weight excluding hydrogens is 506 g/mol. The second-order valence-corrected chi connectivity index (χ2v) is 11.9. The molecule has 0 aliphatic carbocycles. The molecule has 0 atom stereocenters. The Morgan fingerprint density at radius 1 is 1.14 bits per heavy atom. The standard InChI is InChI=1S/C25H24ClN3O4S2/c1-17-14-19(26)15-22-23(17)27-25(34-22)29(16-20-6-5-13-33-20)24(30)18-7-9-21(10-8-18)35(31,32)28-11-3-2-4-12-28/h5-10,13-15H,2-4,11-12,16H2,1H3. The first-order valence-corrected chi connectivity index (χ1v) is 14.0. The quantitative estimate of drug-likeness (QED) is 0.312. The first kappa shape index (κ1) is 24.0. The molecule has 1 amide bonds. The number of aromatic nitrogens is 1. The van der Waals surface area contributed by atoms with Gasteiger partial charge in [0.1, 0.15) is 5.76 Å². The Labute approximate surface area is 213 Å². The number of benzene rings is 2. The van der Waals surface area contributed by atoms with Crippen molar-refractivity contribution in [3.63, 3.8) is 0 Å². The fourth-order valence-electron chi connectivity index (χ4n) is 4.22. The van der Waals surface area contributed by atoms with Crippen LogP contribution in [0.15, 0.2) is 64.1 Å². The van der Waals surface area contributed by atoms with Crippen LogP contribution in [0, 0.1) is 6.92 Å². The molecule has 10 heteroatoms. The maximum Gasteiger partial charge on any atom is 0.260 e. The minimum Gasteiger partial charge on any atom is -0.467 e. The molecule has 2 aromatic carbocycles. The number of sulfonamides is 1. The third-order valence-corrected chi connectivity index (χ3v) is 9.22. The van der Waals surface area contributed by atoms with Crippen molar-refractivity contribution < 1.29 is 17.6 Å². The number of thiazole rings is 1. The molecule has 0 spiro atoms. The number of carbonyl (C=O) groups is 1. The number of hydrogen-bond donors (Lipinski definition) is 0. The number of piperidine rings is 1. The highest BCUT2D eigenvalue weighted by atomic mass is 35.5. The number of halogens is 1. The Morgan fingerprint density at radius 3 is 2.57 bits per heavy atom. The summed E-state index contributed by atoms with van der Waals surface area (Å²) in [6.45, 7) is 3.17. The summed E-state index contributed by atoms with van der Waals surface area (Å²) < 4.78 is 33.9. The lowest BCUT2D eigenvalue weighted by Crippen LogP contribution is -2.35. The smallest absolute Gasteiger partial charge is 0.260 e. The van der Waals surface area contributed by atoms with Crippen LogP contribution < -0.4 is 4.90 Å². The van der Waals surface area contributed by atoms with E-state index in [1.54, 1.807) is 35.4 Å². The van der Waals surface area contributed by atoms with Gasteiger partial charge >= 0.3 is 0 Å². The van der Waals surface area contributed by atoms with Gasteiger partial charge in [-0.15, -0.1) is 0 Å². The van der Waals surface area contributed by atoms with Crippen LogP contribution in [0.4, 0.5) is 5.13 Å². The van der Waals surface area contributed by atoms with Crippen molar-refractivity contribution in [3.05, 3.63) is 76.7 Å². The number of rotatable bonds is 6. The number of fused-ring (bicyclic) bond motifs is 1. The molecule has 0 bridgehead atoms. The zero-order valence-corrected chi connectivity index (χ0v) is 21.5. The number of furan rings is 1. The highest BCUT2D eigenvalue weighted by molar-refractivity contribution is 7.89. The van der Waals surface area contributed by atoms with Gasteiger partial charge in [-0.1, -0.05) is 29.4 Å². The van der Waals surface area contributed by atoms with E-state index in [1.165, 1.54) is 27.8 Å². The lowest BCUT2D eigenvalue weighted by Gasteiger charge is -2.26. The molecule has 0 saturated carbocycles. The van der Waals surface area contributed by atoms with Crippen LogP contribution in [0.2, 0.25) is 5.02 Å². The lowest BCUT2D eigenvalue weighted by molar-refractivity contribution is 0.0983. The minimum absolute atomic E-state index is 0.187. The van der Waals surface area contributed by atoms with E-state index in [2.05, 4.69) is 0 Å². The van der Waals surface area contributed by atoms with Gasteiger partial charge < -0.3 is 4.42 Å². The number of anilines is 1. The molecule has 0 N–H and O–H groups in total. The molecule has 4 aromatic rings. The third kappa shape index (κ3) is 4.86. The minimum atomic E-state index is -3.57. The first-order chi connectivity index (χ1) is 16.8. The van der Waals surface area contributed by atoms with Gasteiger partial charge in [-0.3, -0.25) is 9.69 Å². The number of nitrogens with zero attached hydrogens (tertiary/aromatic N) is 3. The van der Waals surface area contributed by atoms with E-state index in [1.807, 2.05) is 19.1 Å². The van der Waals surface area contributed by atoms with E-state index in [-0.39, 0.29) is 17.3 Å². The van der Waals surface area contributed by atoms with Crippen molar-refractivity contribution in [1.82, 2.24) is 9.29 Å². The number of amides is 1. The average molecular weight is 530 g/mol. The van der Waals surface area contributed by atoms with Crippen LogP contribution in [-0.2, 0) is 16.6 Å². The van der Waals surface area contributed by atoms with E-state index in [0.717, 1.165) is 35.0 Å². The molecule has 0 radical (unpaired) electrons. The highest BCUT2D eigenvalue weighted by Crippen LogP contribution is 2.34. The van der Waals surface area contributed by atoms with Gasteiger partial charge in [-0.2, -0.15) is 4.31 Å². The van der Waals surface area contributed by atoms with Gasteiger partial charge in [-0.05, 0) is 73.9 Å². The molecule has 2 aromatic heterocycles. The summed E-state index contributed by atoms with van der Waals surface area (Å²) in [6.07, 6.45) is 4.33. The van der Waals surface area contributed by atoms with Gasteiger partial charge in [0, 0.05) is 23.7 Å². The number of aryl methyl sites for hydroxylation is 1. The number of carbonyl (C=O) groups excluding carboxylic acids is 1. The summed E-state index contributed by atoms with van der Waals surface area (Å²) in [5, 5.41) is 1.12. The Bertz CT molecular complexity index is 1460. The molecule has 5 rings (SSSR count). The average Bonchev–Trinajstić information content (AvgIpc) is 3.53. The molecule has 1 aliphatic heterocycles. The third-order valence-electron chi connectivity index (χ3n) is 6.06. The fraction of sp³-hybridized carbons (Fsp3) is 0.280. The summed E-state index contributed by atoms with van der Waals surface area (Å²) in [7, 11) is -3.57. The summed E-state index contributed by atoms with van der Waals surface area (Å²) in [6, 6.07) is 13.4. The summed E-state index contributed by atoms with van der Waals surface area (Å²) in [5.74, 6) is 0.308. The molecule has 7 nitrogen and oxygen atoms in total. The SMILES string of the molecule is Cc1cc(Cl)cc2sc(N(Cc3ccco3)C(=O)c3ccc(S(=O)(=O)N4CCCCC4)cc3)nc12. The van der Waals surface area contributed by atoms with Crippen molar-refractivity contribution >= 4 is 54.2 Å². The van der Waals surface area contributed by atoms with E-state index < -0.39 is 10.0 Å². The monoisotopic (exact) mass is 529 g/mol. The lowest BCUT2D eigenvalue weighted by atomic mass is 10.2. The van der Waals surface area contributed by atoms with Gasteiger partial charge in [0.2, 0.25) is 10.0 Å². The van der Waals surface area contributed by atoms with Gasteiger partial charge in [0.05, 0.1) is 27.9 Å². The molecule has 3 heterocycles. The van der Waals surface area contributed by atoms with E-state index in [0.29, 0.717) is 34.6 Å². The molecule has 0 unspecified atom stereocenters. The van der Waals surface area contributed by atoms with Crippen LogP contribution in [0.5, 0.6) is 0 Å². The van der Waals surface area contributed by atoms with Crippen LogP contribution in [0.1, 0.15) is 40.9 Å². The first-order valence-electron chi connectivity index (χ1n) is 11.3. The van der Waals surface area contributed by atoms with Crippen LogP contribution in [0.3, 0.4) is 0 Å². The van der Waals surface area contributed by atoms with Gasteiger partial charge in [-0.25, -0.2) is 13.4 Å². The topological polar surface area (TPSA) is 83.7 Å². The predicted octanol–water partition coefficient (Wildman–Crippen LogP) is 5.87. The van der Waals surface area contributed by atoms with Crippen molar-refractivity contribution in [2.45, 2.75) is 37.6 Å². The van der Waals surface area contributed by atoms with Crippen molar-refractivity contribution in [3.8, 4) is 0 Å². The van der Waals surface area contributed by atoms with E-state index in [4.69, 9.17) is 21.0 Å². The Kier molecular flexibility index (Phi) is 6.67. The maximum absolute atomic E-state index is 13.6. The van der Waals surface area contributed by atoms with Crippen molar-refractivity contribution in [1.29, 1.82) is 0 Å². The van der Waals surface area contributed by atoms with Crippen molar-refractivity contribution in [2.75, 3.05) is 18.0 Å². The molecule has 1 fully saturated rings. The molecule has 182 valence electrons. The normalized spacial score (nSPS) is 14.9. The van der Waals surface area contributed by atoms with Crippen molar-refractivity contribution in [2.24, 2.45) is 0 Å². The van der Waals surface area contributed by atoms with Gasteiger partial charge in [0.15, 0.2) is 5.13 Å². The summed E-state index contributed by atoms with van der Waals surface area (Å²) >= 11 is 7.59. The Hall–Kier alpha value is -2.72. The Balaban J connectivity index is 1.48. The zero-order chi connectivity index (χ0) is 24.6. The van der Waals surface area contributed by atoms with Crippen LogP contribution >= 0.6 is 22.9 Å². The molecule has 1 aliphatic rings. The van der Waals surface area contributed by atoms with Gasteiger partial charge in [0.25, 0.3) is 5.91 Å². The maximum atomic E-state index is 13.6. The second kappa shape index (κ2) is 9.73. The predicted molar refractivity (Wildman–Crippen MR) is 138 cm³/mol. The zero-order valence-electron chi connectivity index (χ0n) is 19.1. The second-order valence-electron chi connectivity index (χ2n) is 8.53. The molecule has 35 heavy (non-hydrogen) atoms.